The second kappa shape index (κ2) is 3.67. The molecular formula is C9H7ClN2O2. The SMILES string of the molecule is O=COCc1[nH]nc2ccc(Cl)cc12. The number of nitrogens with zero attached hydrogens (tertiary/aromatic N) is 1. The molecule has 1 aromatic heterocycles. The van der Waals surface area contributed by atoms with E-state index in [0.29, 0.717) is 11.5 Å². The lowest BCUT2D eigenvalue weighted by Gasteiger charge is -1.96. The first-order valence-electron chi connectivity index (χ1n) is 3.99. The summed E-state index contributed by atoms with van der Waals surface area (Å²) in [4.78, 5) is 10.0. The van der Waals surface area contributed by atoms with Crippen molar-refractivity contribution in [3.8, 4) is 0 Å². The third-order valence-electron chi connectivity index (χ3n) is 1.89. The molecule has 2 rings (SSSR count). The fourth-order valence-electron chi connectivity index (χ4n) is 1.26. The summed E-state index contributed by atoms with van der Waals surface area (Å²) in [5.74, 6) is 0. The van der Waals surface area contributed by atoms with E-state index in [1.54, 1.807) is 18.2 Å². The van der Waals surface area contributed by atoms with Gasteiger partial charge in [0.15, 0.2) is 0 Å². The molecule has 1 heterocycles. The smallest absolute Gasteiger partial charge is 0.293 e. The van der Waals surface area contributed by atoms with E-state index in [4.69, 9.17) is 11.6 Å². The molecule has 2 aromatic rings. The van der Waals surface area contributed by atoms with Crippen molar-refractivity contribution in [1.82, 2.24) is 10.2 Å². The van der Waals surface area contributed by atoms with Gasteiger partial charge in [0.05, 0.1) is 11.2 Å². The van der Waals surface area contributed by atoms with Gasteiger partial charge in [-0.3, -0.25) is 9.89 Å². The molecule has 0 aliphatic heterocycles. The summed E-state index contributed by atoms with van der Waals surface area (Å²) in [5.41, 5.74) is 1.55. The third kappa shape index (κ3) is 1.56. The summed E-state index contributed by atoms with van der Waals surface area (Å²) in [5, 5.41) is 8.32. The number of hydrogen-bond acceptors (Lipinski definition) is 3. The lowest BCUT2D eigenvalue weighted by Crippen LogP contribution is -1.90. The maximum atomic E-state index is 10.0. The predicted molar refractivity (Wildman–Crippen MR) is 52.0 cm³/mol. The van der Waals surface area contributed by atoms with Crippen LogP contribution in [0, 0.1) is 0 Å². The molecule has 72 valence electrons. The Hall–Kier alpha value is -1.55. The highest BCUT2D eigenvalue weighted by Crippen LogP contribution is 2.20. The topological polar surface area (TPSA) is 55.0 Å². The van der Waals surface area contributed by atoms with Gasteiger partial charge >= 0.3 is 0 Å². The van der Waals surface area contributed by atoms with E-state index >= 15 is 0 Å². The zero-order valence-corrected chi connectivity index (χ0v) is 7.91. The van der Waals surface area contributed by atoms with Gasteiger partial charge in [-0.15, -0.1) is 0 Å². The fourth-order valence-corrected chi connectivity index (χ4v) is 1.43. The van der Waals surface area contributed by atoms with Crippen LogP contribution in [0.3, 0.4) is 0 Å². The molecule has 0 bridgehead atoms. The molecule has 0 amide bonds. The van der Waals surface area contributed by atoms with Crippen LogP contribution in [0.5, 0.6) is 0 Å². The Morgan fingerprint density at radius 3 is 3.21 bits per heavy atom. The van der Waals surface area contributed by atoms with Crippen LogP contribution < -0.4 is 0 Å². The Bertz CT molecular complexity index is 467. The van der Waals surface area contributed by atoms with E-state index in [0.717, 1.165) is 16.6 Å². The average Bonchev–Trinajstić information content (AvgIpc) is 2.57. The minimum absolute atomic E-state index is 0.181. The van der Waals surface area contributed by atoms with Crippen LogP contribution >= 0.6 is 11.6 Å². The minimum atomic E-state index is 0.181. The van der Waals surface area contributed by atoms with Crippen LogP contribution in [0.15, 0.2) is 18.2 Å². The number of carbonyl (C=O) groups excluding carboxylic acids is 1. The van der Waals surface area contributed by atoms with Crippen LogP contribution in [-0.2, 0) is 16.1 Å². The summed E-state index contributed by atoms with van der Waals surface area (Å²) in [6.45, 7) is 0.581. The molecule has 1 N–H and O–H groups in total. The van der Waals surface area contributed by atoms with Gasteiger partial charge in [0, 0.05) is 10.4 Å². The molecule has 0 atom stereocenters. The number of ether oxygens (including phenoxy) is 1. The van der Waals surface area contributed by atoms with Gasteiger partial charge in [-0.25, -0.2) is 0 Å². The highest BCUT2D eigenvalue weighted by atomic mass is 35.5. The van der Waals surface area contributed by atoms with E-state index in [1.165, 1.54) is 0 Å². The van der Waals surface area contributed by atoms with Crippen molar-refractivity contribution in [1.29, 1.82) is 0 Å². The van der Waals surface area contributed by atoms with E-state index in [2.05, 4.69) is 14.9 Å². The summed E-state index contributed by atoms with van der Waals surface area (Å²) >= 11 is 5.83. The van der Waals surface area contributed by atoms with Gasteiger partial charge in [0.25, 0.3) is 6.47 Å². The molecule has 0 spiro atoms. The third-order valence-corrected chi connectivity index (χ3v) is 2.13. The van der Waals surface area contributed by atoms with Crippen LogP contribution in [-0.4, -0.2) is 16.7 Å². The van der Waals surface area contributed by atoms with Crippen molar-refractivity contribution in [2.24, 2.45) is 0 Å². The van der Waals surface area contributed by atoms with E-state index in [1.807, 2.05) is 0 Å². The number of rotatable bonds is 3. The largest absolute Gasteiger partial charge is 0.461 e. The zero-order valence-electron chi connectivity index (χ0n) is 7.16. The monoisotopic (exact) mass is 210 g/mol. The maximum Gasteiger partial charge on any atom is 0.293 e. The molecule has 1 aromatic carbocycles. The number of hydrogen-bond donors (Lipinski definition) is 1. The van der Waals surface area contributed by atoms with Gasteiger partial charge in [0.1, 0.15) is 6.61 Å². The molecule has 14 heavy (non-hydrogen) atoms. The van der Waals surface area contributed by atoms with Crippen LogP contribution in [0.4, 0.5) is 0 Å². The van der Waals surface area contributed by atoms with Gasteiger partial charge in [-0.1, -0.05) is 11.6 Å². The molecule has 0 saturated carbocycles. The van der Waals surface area contributed by atoms with Crippen molar-refractivity contribution in [2.75, 3.05) is 0 Å². The first-order valence-corrected chi connectivity index (χ1v) is 4.37. The number of H-pyrrole nitrogens is 1. The van der Waals surface area contributed by atoms with E-state index in [9.17, 15) is 4.79 Å². The van der Waals surface area contributed by atoms with Crippen molar-refractivity contribution in [3.05, 3.63) is 28.9 Å². The highest BCUT2D eigenvalue weighted by molar-refractivity contribution is 6.31. The second-order valence-corrected chi connectivity index (χ2v) is 3.21. The lowest BCUT2D eigenvalue weighted by atomic mass is 10.2. The van der Waals surface area contributed by atoms with Crippen molar-refractivity contribution >= 4 is 29.0 Å². The molecule has 0 aliphatic carbocycles. The summed E-state index contributed by atoms with van der Waals surface area (Å²) in [6.07, 6.45) is 0. The normalized spacial score (nSPS) is 10.4. The first-order chi connectivity index (χ1) is 6.81. The van der Waals surface area contributed by atoms with Gasteiger partial charge in [-0.2, -0.15) is 5.10 Å². The molecule has 4 nitrogen and oxygen atoms in total. The van der Waals surface area contributed by atoms with Crippen LogP contribution in [0.1, 0.15) is 5.69 Å². The Kier molecular flexibility index (Phi) is 2.37. The standard InChI is InChI=1S/C9H7ClN2O2/c10-6-1-2-8-7(3-6)9(12-11-8)4-14-5-13/h1-3,5H,4H2,(H,11,12). The molecule has 0 saturated heterocycles. The molecule has 0 aliphatic rings. The second-order valence-electron chi connectivity index (χ2n) is 2.77. The van der Waals surface area contributed by atoms with E-state index < -0.39 is 0 Å². The van der Waals surface area contributed by atoms with Crippen LogP contribution in [0.25, 0.3) is 10.9 Å². The number of aromatic amines is 1. The van der Waals surface area contributed by atoms with Gasteiger partial charge in [0.2, 0.25) is 0 Å². The van der Waals surface area contributed by atoms with E-state index in [-0.39, 0.29) is 6.61 Å². The summed E-state index contributed by atoms with van der Waals surface area (Å²) < 4.78 is 4.63. The number of benzene rings is 1. The number of nitrogens with one attached hydrogen (secondary N) is 1. The molecule has 5 heteroatoms. The molecular weight excluding hydrogens is 204 g/mol. The molecule has 0 fully saturated rings. The van der Waals surface area contributed by atoms with Crippen molar-refractivity contribution < 1.29 is 9.53 Å². The summed E-state index contributed by atoms with van der Waals surface area (Å²) in [6, 6.07) is 5.34. The van der Waals surface area contributed by atoms with Crippen LogP contribution in [0.2, 0.25) is 5.02 Å². The lowest BCUT2D eigenvalue weighted by molar-refractivity contribution is -0.129. The Balaban J connectivity index is 2.44. The quantitative estimate of drug-likeness (QED) is 0.788. The minimum Gasteiger partial charge on any atom is -0.461 e. The number of fused-ring (bicyclic) bond motifs is 1. The molecule has 0 unspecified atom stereocenters. The molecule has 0 radical (unpaired) electrons. The maximum absolute atomic E-state index is 10.0. The van der Waals surface area contributed by atoms with Crippen molar-refractivity contribution in [2.45, 2.75) is 6.61 Å². The Morgan fingerprint density at radius 1 is 1.57 bits per heavy atom. The number of carbonyl (C=O) groups is 1. The Labute approximate surface area is 84.8 Å². The Morgan fingerprint density at radius 2 is 2.43 bits per heavy atom. The average molecular weight is 211 g/mol. The van der Waals surface area contributed by atoms with Gasteiger partial charge < -0.3 is 4.74 Å². The number of aromatic nitrogens is 2. The fraction of sp³-hybridized carbons (Fsp3) is 0.111. The van der Waals surface area contributed by atoms with Gasteiger partial charge in [-0.05, 0) is 18.2 Å². The first kappa shape index (κ1) is 9.02. The summed E-state index contributed by atoms with van der Waals surface area (Å²) in [7, 11) is 0. The van der Waals surface area contributed by atoms with Crippen molar-refractivity contribution in [3.63, 3.8) is 0 Å². The predicted octanol–water partition coefficient (Wildman–Crippen LogP) is 1.89. The highest BCUT2D eigenvalue weighted by Gasteiger charge is 2.05. The zero-order chi connectivity index (χ0) is 9.97. The number of halogens is 1.